The van der Waals surface area contributed by atoms with Crippen LogP contribution < -0.4 is 16.0 Å². The number of hydrogen-bond acceptors (Lipinski definition) is 3. The Kier molecular flexibility index (Phi) is 9.50. The summed E-state index contributed by atoms with van der Waals surface area (Å²) in [4.78, 5) is 16.8. The SMILES string of the molecule is CCNC(=NCC1(c2ccccc2)CCCC1)NCCNC(=O)c1ccco1.I. The summed E-state index contributed by atoms with van der Waals surface area (Å²) in [6, 6.07) is 14.1. The third-order valence-electron chi connectivity index (χ3n) is 5.28. The average molecular weight is 510 g/mol. The molecule has 0 saturated heterocycles. The summed E-state index contributed by atoms with van der Waals surface area (Å²) in [6.07, 6.45) is 6.37. The molecule has 3 rings (SSSR count). The van der Waals surface area contributed by atoms with E-state index in [1.165, 1.54) is 37.5 Å². The van der Waals surface area contributed by atoms with Crippen molar-refractivity contribution in [3.8, 4) is 0 Å². The van der Waals surface area contributed by atoms with Crippen LogP contribution in [0.1, 0.15) is 48.7 Å². The first-order valence-electron chi connectivity index (χ1n) is 10.1. The summed E-state index contributed by atoms with van der Waals surface area (Å²) >= 11 is 0. The molecule has 0 aliphatic heterocycles. The van der Waals surface area contributed by atoms with Crippen molar-refractivity contribution in [3.63, 3.8) is 0 Å². The molecule has 0 atom stereocenters. The van der Waals surface area contributed by atoms with Gasteiger partial charge < -0.3 is 20.4 Å². The summed E-state index contributed by atoms with van der Waals surface area (Å²) in [7, 11) is 0. The van der Waals surface area contributed by atoms with Crippen molar-refractivity contribution in [1.29, 1.82) is 0 Å². The third kappa shape index (κ3) is 6.48. The molecule has 3 N–H and O–H groups in total. The first-order chi connectivity index (χ1) is 13.7. The van der Waals surface area contributed by atoms with Gasteiger partial charge in [0.1, 0.15) is 0 Å². The number of halogens is 1. The van der Waals surface area contributed by atoms with Crippen molar-refractivity contribution >= 4 is 35.8 Å². The molecule has 0 spiro atoms. The predicted octanol–water partition coefficient (Wildman–Crippen LogP) is 3.69. The van der Waals surface area contributed by atoms with Crippen LogP contribution in [-0.2, 0) is 5.41 Å². The molecule has 158 valence electrons. The molecular formula is C22H31IN4O2. The number of benzene rings is 1. The van der Waals surface area contributed by atoms with Crippen LogP contribution in [0.2, 0.25) is 0 Å². The lowest BCUT2D eigenvalue weighted by molar-refractivity contribution is 0.0926. The highest BCUT2D eigenvalue weighted by molar-refractivity contribution is 14.0. The van der Waals surface area contributed by atoms with E-state index in [1.807, 2.05) is 0 Å². The topological polar surface area (TPSA) is 78.7 Å². The summed E-state index contributed by atoms with van der Waals surface area (Å²) in [5.41, 5.74) is 1.52. The molecule has 0 bridgehead atoms. The average Bonchev–Trinajstić information content (AvgIpc) is 3.43. The molecule has 2 aromatic rings. The Labute approximate surface area is 190 Å². The molecule has 1 fully saturated rings. The summed E-state index contributed by atoms with van der Waals surface area (Å²) in [5.74, 6) is 0.909. The van der Waals surface area contributed by atoms with Gasteiger partial charge in [0.25, 0.3) is 5.91 Å². The molecule has 0 radical (unpaired) electrons. The Bertz CT molecular complexity index is 756. The second kappa shape index (κ2) is 11.8. The smallest absolute Gasteiger partial charge is 0.287 e. The molecule has 1 saturated carbocycles. The second-order valence-corrected chi connectivity index (χ2v) is 7.21. The molecule has 1 aliphatic carbocycles. The molecule has 29 heavy (non-hydrogen) atoms. The lowest BCUT2D eigenvalue weighted by Crippen LogP contribution is -2.42. The molecule has 7 heteroatoms. The number of guanidine groups is 1. The number of hydrogen-bond donors (Lipinski definition) is 3. The largest absolute Gasteiger partial charge is 0.459 e. The Morgan fingerprint density at radius 2 is 1.76 bits per heavy atom. The number of rotatable bonds is 8. The van der Waals surface area contributed by atoms with Crippen LogP contribution in [0, 0.1) is 0 Å². The molecule has 1 aromatic carbocycles. The van der Waals surface area contributed by atoms with Crippen LogP contribution in [0.5, 0.6) is 0 Å². The lowest BCUT2D eigenvalue weighted by Gasteiger charge is -2.28. The molecule has 1 aromatic heterocycles. The van der Waals surface area contributed by atoms with E-state index < -0.39 is 0 Å². The maximum atomic E-state index is 11.9. The number of carbonyl (C=O) groups excluding carboxylic acids is 1. The van der Waals surface area contributed by atoms with Crippen molar-refractivity contribution < 1.29 is 9.21 Å². The van der Waals surface area contributed by atoms with E-state index in [0.29, 0.717) is 18.8 Å². The molecule has 0 unspecified atom stereocenters. The minimum atomic E-state index is -0.206. The molecule has 1 aliphatic rings. The Morgan fingerprint density at radius 3 is 2.41 bits per heavy atom. The van der Waals surface area contributed by atoms with E-state index in [-0.39, 0.29) is 35.3 Å². The molecule has 1 amide bonds. The van der Waals surface area contributed by atoms with Gasteiger partial charge >= 0.3 is 0 Å². The number of carbonyl (C=O) groups is 1. The minimum Gasteiger partial charge on any atom is -0.459 e. The fraction of sp³-hybridized carbons (Fsp3) is 0.455. The van der Waals surface area contributed by atoms with Crippen LogP contribution >= 0.6 is 24.0 Å². The fourth-order valence-electron chi connectivity index (χ4n) is 3.81. The van der Waals surface area contributed by atoms with E-state index in [1.54, 1.807) is 12.1 Å². The van der Waals surface area contributed by atoms with Crippen LogP contribution in [0.3, 0.4) is 0 Å². The van der Waals surface area contributed by atoms with Crippen LogP contribution in [0.4, 0.5) is 0 Å². The first-order valence-corrected chi connectivity index (χ1v) is 10.1. The van der Waals surface area contributed by atoms with Gasteiger partial charge in [-0.05, 0) is 37.5 Å². The van der Waals surface area contributed by atoms with Crippen molar-refractivity contribution in [2.24, 2.45) is 4.99 Å². The van der Waals surface area contributed by atoms with E-state index >= 15 is 0 Å². The van der Waals surface area contributed by atoms with Gasteiger partial charge in [0.2, 0.25) is 0 Å². The summed E-state index contributed by atoms with van der Waals surface area (Å²) in [6.45, 7) is 4.71. The number of amides is 1. The van der Waals surface area contributed by atoms with Gasteiger partial charge in [-0.15, -0.1) is 24.0 Å². The minimum absolute atomic E-state index is 0. The van der Waals surface area contributed by atoms with E-state index in [9.17, 15) is 4.79 Å². The van der Waals surface area contributed by atoms with Gasteiger partial charge in [-0.3, -0.25) is 9.79 Å². The summed E-state index contributed by atoms with van der Waals surface area (Å²) in [5, 5.41) is 9.44. The van der Waals surface area contributed by atoms with Gasteiger partial charge in [0, 0.05) is 25.0 Å². The second-order valence-electron chi connectivity index (χ2n) is 7.21. The predicted molar refractivity (Wildman–Crippen MR) is 127 cm³/mol. The normalized spacial score (nSPS) is 15.4. The van der Waals surface area contributed by atoms with Crippen molar-refractivity contribution in [3.05, 3.63) is 60.1 Å². The zero-order chi connectivity index (χ0) is 19.7. The van der Waals surface area contributed by atoms with Gasteiger partial charge in [0.05, 0.1) is 12.8 Å². The molecular weight excluding hydrogens is 479 g/mol. The number of furan rings is 1. The van der Waals surface area contributed by atoms with Crippen LogP contribution in [0.15, 0.2) is 58.1 Å². The fourth-order valence-corrected chi connectivity index (χ4v) is 3.81. The maximum absolute atomic E-state index is 11.9. The van der Waals surface area contributed by atoms with Crippen LogP contribution in [-0.4, -0.2) is 38.0 Å². The first kappa shape index (κ1) is 23.3. The van der Waals surface area contributed by atoms with E-state index in [0.717, 1.165) is 19.0 Å². The van der Waals surface area contributed by atoms with Gasteiger partial charge in [-0.25, -0.2) is 0 Å². The van der Waals surface area contributed by atoms with Crippen LogP contribution in [0.25, 0.3) is 0 Å². The zero-order valence-corrected chi connectivity index (χ0v) is 19.3. The van der Waals surface area contributed by atoms with E-state index in [2.05, 4.69) is 53.2 Å². The van der Waals surface area contributed by atoms with Gasteiger partial charge in [0.15, 0.2) is 11.7 Å². The van der Waals surface area contributed by atoms with Crippen molar-refractivity contribution in [2.45, 2.75) is 38.0 Å². The highest BCUT2D eigenvalue weighted by Crippen LogP contribution is 2.41. The van der Waals surface area contributed by atoms with Crippen molar-refractivity contribution in [1.82, 2.24) is 16.0 Å². The standard InChI is InChI=1S/C22H30N4O2.HI/c1-2-23-21(25-15-14-24-20(27)19-11-8-16-28-19)26-17-22(12-6-7-13-22)18-9-4-3-5-10-18;/h3-5,8-11,16H,2,6-7,12-15,17H2,1H3,(H,24,27)(H2,23,25,26);1H. The highest BCUT2D eigenvalue weighted by atomic mass is 127. The molecule has 1 heterocycles. The highest BCUT2D eigenvalue weighted by Gasteiger charge is 2.35. The zero-order valence-electron chi connectivity index (χ0n) is 16.9. The Morgan fingerprint density at radius 1 is 1.03 bits per heavy atom. The Hall–Kier alpha value is -2.03. The van der Waals surface area contributed by atoms with Gasteiger partial charge in [-0.2, -0.15) is 0 Å². The number of aliphatic imine (C=N–C) groups is 1. The monoisotopic (exact) mass is 510 g/mol. The quantitative estimate of drug-likeness (QED) is 0.219. The number of nitrogens with zero attached hydrogens (tertiary/aromatic N) is 1. The van der Waals surface area contributed by atoms with Gasteiger partial charge in [-0.1, -0.05) is 43.2 Å². The summed E-state index contributed by atoms with van der Waals surface area (Å²) < 4.78 is 5.09. The van der Waals surface area contributed by atoms with E-state index in [4.69, 9.17) is 9.41 Å². The number of nitrogens with one attached hydrogen (secondary N) is 3. The van der Waals surface area contributed by atoms with Crippen molar-refractivity contribution in [2.75, 3.05) is 26.2 Å². The molecule has 6 nitrogen and oxygen atoms in total. The third-order valence-corrected chi connectivity index (χ3v) is 5.28. The Balaban J connectivity index is 0.00000300. The lowest BCUT2D eigenvalue weighted by atomic mass is 9.79. The maximum Gasteiger partial charge on any atom is 0.287 e.